The maximum atomic E-state index is 12.0. The van der Waals surface area contributed by atoms with Gasteiger partial charge in [0.25, 0.3) is 5.89 Å². The summed E-state index contributed by atoms with van der Waals surface area (Å²) in [6, 6.07) is 13.5. The highest BCUT2D eigenvalue weighted by Gasteiger charge is 2.12. The Morgan fingerprint density at radius 1 is 1.11 bits per heavy atom. The lowest BCUT2D eigenvalue weighted by Gasteiger charge is -2.06. The van der Waals surface area contributed by atoms with Crippen LogP contribution in [0.15, 0.2) is 47.0 Å². The highest BCUT2D eigenvalue weighted by atomic mass is 16.5. The molecule has 27 heavy (non-hydrogen) atoms. The normalized spacial score (nSPS) is 10.6. The summed E-state index contributed by atoms with van der Waals surface area (Å²) in [7, 11) is 1.61. The van der Waals surface area contributed by atoms with Gasteiger partial charge < -0.3 is 14.0 Å². The number of esters is 1. The molecule has 0 radical (unpaired) electrons. The molecule has 0 aliphatic rings. The van der Waals surface area contributed by atoms with Crippen LogP contribution in [0.3, 0.4) is 0 Å². The number of ether oxygens (including phenoxy) is 2. The maximum Gasteiger partial charge on any atom is 0.306 e. The summed E-state index contributed by atoms with van der Waals surface area (Å²) in [6.45, 7) is 4.09. The van der Waals surface area contributed by atoms with Crippen molar-refractivity contribution in [2.75, 3.05) is 7.11 Å². The number of methoxy groups -OCH3 is 1. The average molecular weight is 366 g/mol. The number of aryl methyl sites for hydroxylation is 3. The Bertz CT molecular complexity index is 916. The summed E-state index contributed by atoms with van der Waals surface area (Å²) < 4.78 is 15.6. The number of hydrogen-bond donors (Lipinski definition) is 0. The molecule has 0 fully saturated rings. The highest BCUT2D eigenvalue weighted by molar-refractivity contribution is 5.69. The molecule has 0 spiro atoms. The number of carbonyl (C=O) groups is 1. The fraction of sp³-hybridized carbons (Fsp3) is 0.286. The summed E-state index contributed by atoms with van der Waals surface area (Å²) in [5.74, 6) is 1.17. The van der Waals surface area contributed by atoms with Gasteiger partial charge in [0.2, 0.25) is 5.82 Å². The van der Waals surface area contributed by atoms with Crippen LogP contribution in [0.25, 0.3) is 11.5 Å². The number of benzene rings is 2. The number of rotatable bonds is 7. The molecule has 0 bridgehead atoms. The Hall–Kier alpha value is -3.15. The minimum atomic E-state index is -0.286. The molecule has 3 rings (SSSR count). The molecule has 0 aliphatic heterocycles. The molecular weight excluding hydrogens is 344 g/mol. The van der Waals surface area contributed by atoms with Gasteiger partial charge in [-0.05, 0) is 55.7 Å². The Morgan fingerprint density at radius 3 is 2.59 bits per heavy atom. The summed E-state index contributed by atoms with van der Waals surface area (Å²) in [4.78, 5) is 16.2. The number of aromatic nitrogens is 2. The number of nitrogens with zero attached hydrogens (tertiary/aromatic N) is 2. The topological polar surface area (TPSA) is 74.5 Å². The lowest BCUT2D eigenvalue weighted by atomic mass is 10.0. The zero-order valence-corrected chi connectivity index (χ0v) is 15.7. The van der Waals surface area contributed by atoms with Gasteiger partial charge in [0, 0.05) is 12.0 Å². The summed E-state index contributed by atoms with van der Waals surface area (Å²) in [5.41, 5.74) is 4.32. The molecule has 0 saturated heterocycles. The molecule has 6 nitrogen and oxygen atoms in total. The Kier molecular flexibility index (Phi) is 5.86. The summed E-state index contributed by atoms with van der Waals surface area (Å²) in [5, 5.41) is 3.85. The molecule has 0 unspecified atom stereocenters. The van der Waals surface area contributed by atoms with Gasteiger partial charge in [0.05, 0.1) is 7.11 Å². The van der Waals surface area contributed by atoms with Crippen LogP contribution in [-0.2, 0) is 22.6 Å². The average Bonchev–Trinajstić information content (AvgIpc) is 3.15. The third-order valence-corrected chi connectivity index (χ3v) is 4.26. The molecule has 0 N–H and O–H groups in total. The van der Waals surface area contributed by atoms with E-state index in [0.717, 1.165) is 16.9 Å². The van der Waals surface area contributed by atoms with Crippen molar-refractivity contribution in [2.24, 2.45) is 0 Å². The van der Waals surface area contributed by atoms with Crippen molar-refractivity contribution in [2.45, 2.75) is 33.3 Å². The van der Waals surface area contributed by atoms with Crippen LogP contribution in [0.2, 0.25) is 0 Å². The second-order valence-electron chi connectivity index (χ2n) is 6.33. The molecule has 3 aromatic rings. The quantitative estimate of drug-likeness (QED) is 0.588. The number of carbonyl (C=O) groups excluding carboxylic acids is 1. The monoisotopic (exact) mass is 366 g/mol. The van der Waals surface area contributed by atoms with Crippen LogP contribution in [0.5, 0.6) is 5.75 Å². The highest BCUT2D eigenvalue weighted by Crippen LogP contribution is 2.21. The first kappa shape index (κ1) is 18.6. The molecule has 6 heteroatoms. The van der Waals surface area contributed by atoms with Gasteiger partial charge >= 0.3 is 5.97 Å². The van der Waals surface area contributed by atoms with Crippen molar-refractivity contribution in [3.05, 3.63) is 65.0 Å². The van der Waals surface area contributed by atoms with Gasteiger partial charge in [-0.15, -0.1) is 0 Å². The minimum absolute atomic E-state index is 0.00856. The van der Waals surface area contributed by atoms with E-state index in [4.69, 9.17) is 14.0 Å². The van der Waals surface area contributed by atoms with Gasteiger partial charge in [0.1, 0.15) is 5.75 Å². The first-order valence-corrected chi connectivity index (χ1v) is 8.74. The molecule has 1 aromatic heterocycles. The zero-order chi connectivity index (χ0) is 19.2. The fourth-order valence-electron chi connectivity index (χ4n) is 2.74. The molecule has 0 amide bonds. The van der Waals surface area contributed by atoms with Crippen LogP contribution >= 0.6 is 0 Å². The van der Waals surface area contributed by atoms with Crippen LogP contribution in [0, 0.1) is 13.8 Å². The predicted molar refractivity (Wildman–Crippen MR) is 100 cm³/mol. The number of hydrogen-bond acceptors (Lipinski definition) is 6. The minimum Gasteiger partial charge on any atom is -0.497 e. The van der Waals surface area contributed by atoms with Crippen molar-refractivity contribution >= 4 is 5.97 Å². The third kappa shape index (κ3) is 4.94. The molecule has 0 atom stereocenters. The largest absolute Gasteiger partial charge is 0.497 e. The predicted octanol–water partition coefficient (Wildman–Crippen LogP) is 4.04. The molecular formula is C21H22N2O4. The fourth-order valence-corrected chi connectivity index (χ4v) is 2.74. The molecule has 0 aliphatic carbocycles. The van der Waals surface area contributed by atoms with E-state index in [2.05, 4.69) is 29.2 Å². The van der Waals surface area contributed by atoms with E-state index < -0.39 is 0 Å². The van der Waals surface area contributed by atoms with Crippen molar-refractivity contribution in [1.29, 1.82) is 0 Å². The first-order valence-electron chi connectivity index (χ1n) is 8.74. The van der Waals surface area contributed by atoms with Crippen molar-refractivity contribution < 1.29 is 18.8 Å². The smallest absolute Gasteiger partial charge is 0.306 e. The third-order valence-electron chi connectivity index (χ3n) is 4.26. The second kappa shape index (κ2) is 8.49. The van der Waals surface area contributed by atoms with Gasteiger partial charge in [-0.3, -0.25) is 4.79 Å². The SMILES string of the molecule is COc1ccc(-c2nc(COC(=O)CCc3ccc(C)cc3C)no2)cc1. The van der Waals surface area contributed by atoms with Gasteiger partial charge in [-0.2, -0.15) is 4.98 Å². The standard InChI is InChI=1S/C21H22N2O4/c1-14-4-5-16(15(2)12-14)8-11-20(24)26-13-19-22-21(27-23-19)17-6-9-18(25-3)10-7-17/h4-7,9-10,12H,8,11,13H2,1-3H3. The van der Waals surface area contributed by atoms with Gasteiger partial charge in [-0.25, -0.2) is 0 Å². The van der Waals surface area contributed by atoms with Crippen molar-refractivity contribution in [3.63, 3.8) is 0 Å². The van der Waals surface area contributed by atoms with Crippen molar-refractivity contribution in [1.82, 2.24) is 10.1 Å². The van der Waals surface area contributed by atoms with E-state index in [0.29, 0.717) is 24.6 Å². The Labute approximate surface area is 158 Å². The molecule has 0 saturated carbocycles. The first-order chi connectivity index (χ1) is 13.0. The van der Waals surface area contributed by atoms with Crippen LogP contribution in [0.1, 0.15) is 28.9 Å². The van der Waals surface area contributed by atoms with Gasteiger partial charge in [-0.1, -0.05) is 28.9 Å². The van der Waals surface area contributed by atoms with Crippen LogP contribution < -0.4 is 4.74 Å². The molecule has 1 heterocycles. The Morgan fingerprint density at radius 2 is 1.89 bits per heavy atom. The van der Waals surface area contributed by atoms with Crippen molar-refractivity contribution in [3.8, 4) is 17.2 Å². The molecule has 2 aromatic carbocycles. The lowest BCUT2D eigenvalue weighted by Crippen LogP contribution is -2.07. The van der Waals surface area contributed by atoms with Crippen LogP contribution in [-0.4, -0.2) is 23.2 Å². The zero-order valence-electron chi connectivity index (χ0n) is 15.7. The second-order valence-corrected chi connectivity index (χ2v) is 6.33. The van der Waals surface area contributed by atoms with Crippen LogP contribution in [0.4, 0.5) is 0 Å². The lowest BCUT2D eigenvalue weighted by molar-refractivity contribution is -0.145. The summed E-state index contributed by atoms with van der Waals surface area (Å²) in [6.07, 6.45) is 0.960. The van der Waals surface area contributed by atoms with Gasteiger partial charge in [0.15, 0.2) is 6.61 Å². The van der Waals surface area contributed by atoms with E-state index in [1.54, 1.807) is 7.11 Å². The Balaban J connectivity index is 1.51. The van der Waals surface area contributed by atoms with E-state index in [1.165, 1.54) is 11.1 Å². The van der Waals surface area contributed by atoms with E-state index in [9.17, 15) is 4.79 Å². The van der Waals surface area contributed by atoms with E-state index in [-0.39, 0.29) is 12.6 Å². The van der Waals surface area contributed by atoms with E-state index in [1.807, 2.05) is 37.3 Å². The maximum absolute atomic E-state index is 12.0. The summed E-state index contributed by atoms with van der Waals surface area (Å²) >= 11 is 0. The molecule has 140 valence electrons. The van der Waals surface area contributed by atoms with E-state index >= 15 is 0 Å².